The Morgan fingerprint density at radius 3 is 2.57 bits per heavy atom. The molecule has 8 heteroatoms. The van der Waals surface area contributed by atoms with Crippen molar-refractivity contribution in [3.8, 4) is 0 Å². The number of rotatable bonds is 8. The van der Waals surface area contributed by atoms with Crippen LogP contribution in [-0.2, 0) is 14.4 Å². The molecule has 0 bridgehead atoms. The molecule has 0 aromatic rings. The second-order valence-electron chi connectivity index (χ2n) is 5.75. The first kappa shape index (κ1) is 19.4. The van der Waals surface area contributed by atoms with Crippen LogP contribution in [0.3, 0.4) is 0 Å². The van der Waals surface area contributed by atoms with E-state index in [0.29, 0.717) is 38.8 Å². The molecule has 1 fully saturated rings. The summed E-state index contributed by atoms with van der Waals surface area (Å²) in [5, 5.41) is 21.4. The summed E-state index contributed by atoms with van der Waals surface area (Å²) < 4.78 is 0. The normalized spacial score (nSPS) is 20.0. The van der Waals surface area contributed by atoms with Crippen LogP contribution in [0.2, 0.25) is 0 Å². The molecule has 0 saturated carbocycles. The lowest BCUT2D eigenvalue weighted by Gasteiger charge is -2.29. The fourth-order valence-electron chi connectivity index (χ4n) is 2.90. The van der Waals surface area contributed by atoms with Crippen molar-refractivity contribution in [2.45, 2.75) is 58.1 Å². The number of likely N-dealkylation sites (N-methyl/N-ethyl adjacent to an activating group) is 1. The van der Waals surface area contributed by atoms with E-state index < -0.39 is 29.9 Å². The maximum Gasteiger partial charge on any atom is 0.272 e. The first-order valence-electron chi connectivity index (χ1n) is 8.18. The Morgan fingerprint density at radius 2 is 2.00 bits per heavy atom. The predicted molar refractivity (Wildman–Crippen MR) is 82.4 cm³/mol. The molecule has 1 saturated heterocycles. The number of nitrogens with zero attached hydrogens (tertiary/aromatic N) is 1. The van der Waals surface area contributed by atoms with Gasteiger partial charge in [-0.1, -0.05) is 19.8 Å². The van der Waals surface area contributed by atoms with Crippen LogP contribution in [0.4, 0.5) is 0 Å². The number of hydrogen-bond acceptors (Lipinski definition) is 5. The fourth-order valence-corrected chi connectivity index (χ4v) is 2.90. The van der Waals surface area contributed by atoms with Crippen LogP contribution in [0.1, 0.15) is 46.0 Å². The monoisotopic (exact) mass is 329 g/mol. The van der Waals surface area contributed by atoms with Crippen molar-refractivity contribution in [1.29, 1.82) is 0 Å². The number of carbonyl (C=O) groups is 3. The topological polar surface area (TPSA) is 119 Å². The molecular formula is C15H27N3O5. The minimum atomic E-state index is -1.63. The lowest BCUT2D eigenvalue weighted by molar-refractivity contribution is -0.152. The summed E-state index contributed by atoms with van der Waals surface area (Å²) in [6.45, 7) is 4.65. The molecule has 0 spiro atoms. The predicted octanol–water partition coefficient (Wildman–Crippen LogP) is -0.214. The van der Waals surface area contributed by atoms with Gasteiger partial charge in [-0.25, -0.2) is 5.48 Å². The average Bonchev–Trinajstić information content (AvgIpc) is 3.03. The number of amides is 3. The van der Waals surface area contributed by atoms with Crippen LogP contribution in [0.15, 0.2) is 0 Å². The van der Waals surface area contributed by atoms with E-state index >= 15 is 0 Å². The van der Waals surface area contributed by atoms with Crippen LogP contribution < -0.4 is 10.8 Å². The molecule has 8 nitrogen and oxygen atoms in total. The van der Waals surface area contributed by atoms with Crippen molar-refractivity contribution in [1.82, 2.24) is 15.7 Å². The van der Waals surface area contributed by atoms with Crippen molar-refractivity contribution < 1.29 is 24.7 Å². The van der Waals surface area contributed by atoms with Gasteiger partial charge >= 0.3 is 0 Å². The van der Waals surface area contributed by atoms with Gasteiger partial charge in [-0.3, -0.25) is 19.6 Å². The van der Waals surface area contributed by atoms with Gasteiger partial charge in [0.05, 0.1) is 5.92 Å². The van der Waals surface area contributed by atoms with Crippen molar-refractivity contribution >= 4 is 17.7 Å². The van der Waals surface area contributed by atoms with Gasteiger partial charge in [0.25, 0.3) is 5.91 Å². The summed E-state index contributed by atoms with van der Waals surface area (Å²) in [4.78, 5) is 37.8. The number of likely N-dealkylation sites (tertiary alicyclic amines) is 1. The van der Waals surface area contributed by atoms with Gasteiger partial charge in [0.15, 0.2) is 0 Å². The molecule has 4 N–H and O–H groups in total. The Balaban J connectivity index is 2.89. The number of aliphatic hydroxyl groups excluding tert-OH is 1. The van der Waals surface area contributed by atoms with E-state index in [4.69, 9.17) is 5.21 Å². The molecule has 0 aromatic carbocycles. The Labute approximate surface area is 136 Å². The summed E-state index contributed by atoms with van der Waals surface area (Å²) in [5.74, 6) is -2.60. The van der Waals surface area contributed by atoms with Gasteiger partial charge < -0.3 is 15.3 Å². The third-order valence-corrected chi connectivity index (χ3v) is 4.14. The molecule has 0 radical (unpaired) electrons. The number of unbranched alkanes of at least 4 members (excludes halogenated alkanes) is 1. The van der Waals surface area contributed by atoms with E-state index in [2.05, 4.69) is 5.32 Å². The molecule has 1 aliphatic rings. The highest BCUT2D eigenvalue weighted by molar-refractivity contribution is 5.92. The second-order valence-corrected chi connectivity index (χ2v) is 5.75. The van der Waals surface area contributed by atoms with Crippen molar-refractivity contribution in [3.63, 3.8) is 0 Å². The molecule has 1 aliphatic heterocycles. The van der Waals surface area contributed by atoms with Crippen LogP contribution in [0.25, 0.3) is 0 Å². The molecule has 3 amide bonds. The second kappa shape index (κ2) is 9.46. The largest absolute Gasteiger partial charge is 0.382 e. The highest BCUT2D eigenvalue weighted by Gasteiger charge is 2.40. The number of carbonyl (C=O) groups excluding carboxylic acids is 3. The number of hydrogen-bond donors (Lipinski definition) is 4. The van der Waals surface area contributed by atoms with E-state index in [1.807, 2.05) is 6.92 Å². The maximum absolute atomic E-state index is 12.8. The summed E-state index contributed by atoms with van der Waals surface area (Å²) >= 11 is 0. The average molecular weight is 329 g/mol. The summed E-state index contributed by atoms with van der Waals surface area (Å²) in [7, 11) is 0. The first-order valence-corrected chi connectivity index (χ1v) is 8.18. The zero-order valence-corrected chi connectivity index (χ0v) is 13.7. The first-order chi connectivity index (χ1) is 11.0. The van der Waals surface area contributed by atoms with E-state index in [1.54, 1.807) is 6.92 Å². The summed E-state index contributed by atoms with van der Waals surface area (Å²) in [6.07, 6.45) is 1.43. The van der Waals surface area contributed by atoms with E-state index in [0.717, 1.165) is 6.42 Å². The van der Waals surface area contributed by atoms with Gasteiger partial charge in [-0.2, -0.15) is 0 Å². The quantitative estimate of drug-likeness (QED) is 0.363. The van der Waals surface area contributed by atoms with E-state index in [-0.39, 0.29) is 5.91 Å². The summed E-state index contributed by atoms with van der Waals surface area (Å²) in [6, 6.07) is -0.559. The Kier molecular flexibility index (Phi) is 7.97. The summed E-state index contributed by atoms with van der Waals surface area (Å²) in [5.41, 5.74) is 1.38. The number of nitrogens with one attached hydrogen (secondary N) is 2. The third-order valence-electron chi connectivity index (χ3n) is 4.14. The van der Waals surface area contributed by atoms with Crippen LogP contribution >= 0.6 is 0 Å². The molecule has 3 atom stereocenters. The Hall–Kier alpha value is -1.67. The van der Waals surface area contributed by atoms with Gasteiger partial charge in [-0.15, -0.1) is 0 Å². The highest BCUT2D eigenvalue weighted by Crippen LogP contribution is 2.24. The van der Waals surface area contributed by atoms with Crippen LogP contribution in [0.5, 0.6) is 0 Å². The SMILES string of the molecule is CCCCC(C(=O)N1CCC[C@H]1C(=O)NCC)C(O)C(=O)NO. The fraction of sp³-hybridized carbons (Fsp3) is 0.800. The number of hydroxylamine groups is 1. The van der Waals surface area contributed by atoms with Crippen molar-refractivity contribution in [2.24, 2.45) is 5.92 Å². The van der Waals surface area contributed by atoms with Gasteiger partial charge in [0.2, 0.25) is 11.8 Å². The zero-order valence-electron chi connectivity index (χ0n) is 13.7. The standard InChI is InChI=1S/C15H27N3O5/c1-3-5-7-10(12(19)14(21)17-23)15(22)18-9-6-8-11(18)13(20)16-4-2/h10-12,19,23H,3-9H2,1-2H3,(H,16,20)(H,17,21)/t10?,11-,12?/m0/s1. The molecule has 2 unspecified atom stereocenters. The zero-order chi connectivity index (χ0) is 17.4. The molecule has 1 rings (SSSR count). The van der Waals surface area contributed by atoms with Gasteiger partial charge in [0.1, 0.15) is 12.1 Å². The molecule has 23 heavy (non-hydrogen) atoms. The van der Waals surface area contributed by atoms with Crippen LogP contribution in [-0.4, -0.2) is 58.2 Å². The lowest BCUT2D eigenvalue weighted by Crippen LogP contribution is -2.51. The molecular weight excluding hydrogens is 302 g/mol. The molecule has 132 valence electrons. The molecule has 1 heterocycles. The minimum Gasteiger partial charge on any atom is -0.382 e. The van der Waals surface area contributed by atoms with Crippen LogP contribution in [0, 0.1) is 5.92 Å². The maximum atomic E-state index is 12.8. The van der Waals surface area contributed by atoms with E-state index in [9.17, 15) is 19.5 Å². The van der Waals surface area contributed by atoms with Gasteiger partial charge in [-0.05, 0) is 26.2 Å². The lowest BCUT2D eigenvalue weighted by atomic mass is 9.93. The Morgan fingerprint density at radius 1 is 1.30 bits per heavy atom. The van der Waals surface area contributed by atoms with E-state index in [1.165, 1.54) is 10.4 Å². The Bertz CT molecular complexity index is 429. The van der Waals surface area contributed by atoms with Crippen molar-refractivity contribution in [2.75, 3.05) is 13.1 Å². The third kappa shape index (κ3) is 4.90. The van der Waals surface area contributed by atoms with Gasteiger partial charge in [0, 0.05) is 13.1 Å². The molecule has 0 aliphatic carbocycles. The minimum absolute atomic E-state index is 0.214. The highest BCUT2D eigenvalue weighted by atomic mass is 16.5. The number of aliphatic hydroxyl groups is 1. The van der Waals surface area contributed by atoms with Crippen molar-refractivity contribution in [3.05, 3.63) is 0 Å². The molecule has 0 aromatic heterocycles. The smallest absolute Gasteiger partial charge is 0.272 e.